The van der Waals surface area contributed by atoms with E-state index < -0.39 is 0 Å². The summed E-state index contributed by atoms with van der Waals surface area (Å²) < 4.78 is 5.00. The number of amides is 2. The molecule has 2 aliphatic heterocycles. The maximum atomic E-state index is 12.7. The Morgan fingerprint density at radius 1 is 1.08 bits per heavy atom. The molecule has 3 aliphatic carbocycles. The molecule has 1 N–H and O–H groups in total. The lowest BCUT2D eigenvalue weighted by molar-refractivity contribution is -0.153. The third-order valence-electron chi connectivity index (χ3n) is 7.64. The van der Waals surface area contributed by atoms with Gasteiger partial charge in [0.2, 0.25) is 5.91 Å². The number of nitrogens with one attached hydrogen (secondary N) is 1. The van der Waals surface area contributed by atoms with Gasteiger partial charge in [0.25, 0.3) is 0 Å². The number of cyclic esters (lactones) is 1. The second kappa shape index (κ2) is 5.12. The van der Waals surface area contributed by atoms with E-state index >= 15 is 0 Å². The van der Waals surface area contributed by atoms with E-state index in [4.69, 9.17) is 4.74 Å². The van der Waals surface area contributed by atoms with Crippen LogP contribution in [0.15, 0.2) is 0 Å². The lowest BCUT2D eigenvalue weighted by atomic mass is 9.67. The molecule has 132 valence electrons. The van der Waals surface area contributed by atoms with Gasteiger partial charge >= 0.3 is 6.09 Å². The van der Waals surface area contributed by atoms with Crippen LogP contribution >= 0.6 is 0 Å². The monoisotopic (exact) mass is 332 g/mol. The van der Waals surface area contributed by atoms with Crippen LogP contribution in [0.4, 0.5) is 4.79 Å². The maximum absolute atomic E-state index is 12.7. The minimum atomic E-state index is -0.326. The standard InChI is InChI=1S/C19H28N2O3/c22-16(15-8-19(9-15)12-24-17(23)20-19)21-10-18(11-21)6-5-14(7-18)13-3-1-2-4-13/h13-15H,1-12H2,(H,20,23). The molecule has 2 amide bonds. The highest BCUT2D eigenvalue weighted by Gasteiger charge is 2.57. The number of likely N-dealkylation sites (tertiary alicyclic amines) is 1. The van der Waals surface area contributed by atoms with Gasteiger partial charge in [-0.1, -0.05) is 25.7 Å². The van der Waals surface area contributed by atoms with E-state index in [9.17, 15) is 9.59 Å². The van der Waals surface area contributed by atoms with E-state index in [1.807, 2.05) is 0 Å². The van der Waals surface area contributed by atoms with Crippen molar-refractivity contribution in [2.75, 3.05) is 19.7 Å². The maximum Gasteiger partial charge on any atom is 0.407 e. The molecule has 5 heteroatoms. The summed E-state index contributed by atoms with van der Waals surface area (Å²) in [6.45, 7) is 2.41. The van der Waals surface area contributed by atoms with Crippen LogP contribution in [0.5, 0.6) is 0 Å². The molecule has 5 aliphatic rings. The van der Waals surface area contributed by atoms with Crippen molar-refractivity contribution in [3.8, 4) is 0 Å². The number of ether oxygens (including phenoxy) is 1. The SMILES string of the molecule is O=C1NC2(CO1)CC(C(=O)N1CC3(CCC(C4CCCC4)C3)C1)C2. The van der Waals surface area contributed by atoms with E-state index in [-0.39, 0.29) is 17.6 Å². The first kappa shape index (κ1) is 15.0. The third-order valence-corrected chi connectivity index (χ3v) is 7.64. The van der Waals surface area contributed by atoms with Gasteiger partial charge in [0, 0.05) is 24.4 Å². The molecular formula is C19H28N2O3. The van der Waals surface area contributed by atoms with E-state index in [0.717, 1.165) is 37.8 Å². The van der Waals surface area contributed by atoms with E-state index in [0.29, 0.717) is 17.9 Å². The zero-order chi connectivity index (χ0) is 16.4. The number of hydrogen-bond acceptors (Lipinski definition) is 3. The van der Waals surface area contributed by atoms with Crippen molar-refractivity contribution < 1.29 is 14.3 Å². The zero-order valence-electron chi connectivity index (χ0n) is 14.4. The Bertz CT molecular complexity index is 557. The molecule has 2 spiro atoms. The molecule has 0 aromatic carbocycles. The van der Waals surface area contributed by atoms with Crippen molar-refractivity contribution in [2.45, 2.75) is 63.3 Å². The van der Waals surface area contributed by atoms with Gasteiger partial charge in [-0.3, -0.25) is 4.79 Å². The molecule has 1 atom stereocenters. The van der Waals surface area contributed by atoms with Crippen molar-refractivity contribution in [1.29, 1.82) is 0 Å². The Kier molecular flexibility index (Phi) is 3.21. The van der Waals surface area contributed by atoms with Crippen LogP contribution in [0.1, 0.15) is 57.8 Å². The second-order valence-electron chi connectivity index (χ2n) is 9.33. The third kappa shape index (κ3) is 2.26. The zero-order valence-corrected chi connectivity index (χ0v) is 14.4. The van der Waals surface area contributed by atoms with Gasteiger partial charge in [-0.2, -0.15) is 0 Å². The molecule has 0 aromatic rings. The Labute approximate surface area is 143 Å². The van der Waals surface area contributed by atoms with E-state index in [1.54, 1.807) is 0 Å². The first-order valence-corrected chi connectivity index (χ1v) is 9.80. The van der Waals surface area contributed by atoms with Gasteiger partial charge in [-0.15, -0.1) is 0 Å². The Morgan fingerprint density at radius 2 is 1.83 bits per heavy atom. The molecule has 5 nitrogen and oxygen atoms in total. The van der Waals surface area contributed by atoms with Gasteiger partial charge in [-0.25, -0.2) is 4.79 Å². The molecule has 3 saturated carbocycles. The van der Waals surface area contributed by atoms with Crippen molar-refractivity contribution in [2.24, 2.45) is 23.2 Å². The predicted octanol–water partition coefficient (Wildman–Crippen LogP) is 2.69. The highest BCUT2D eigenvalue weighted by Crippen LogP contribution is 2.53. The Hall–Kier alpha value is -1.26. The number of hydrogen-bond donors (Lipinski definition) is 1. The molecule has 24 heavy (non-hydrogen) atoms. The molecule has 2 saturated heterocycles. The average Bonchev–Trinajstić information content (AvgIpc) is 3.21. The summed E-state index contributed by atoms with van der Waals surface area (Å²) in [6.07, 6.45) is 11.0. The summed E-state index contributed by atoms with van der Waals surface area (Å²) in [5.41, 5.74) is 0.218. The average molecular weight is 332 g/mol. The van der Waals surface area contributed by atoms with E-state index in [2.05, 4.69) is 10.2 Å². The molecule has 5 fully saturated rings. The van der Waals surface area contributed by atoms with Gasteiger partial charge < -0.3 is 15.0 Å². The van der Waals surface area contributed by atoms with Crippen LogP contribution in [0.2, 0.25) is 0 Å². The van der Waals surface area contributed by atoms with Crippen LogP contribution in [-0.4, -0.2) is 42.1 Å². The van der Waals surface area contributed by atoms with Crippen molar-refractivity contribution >= 4 is 12.0 Å². The summed E-state index contributed by atoms with van der Waals surface area (Å²) in [4.78, 5) is 26.0. The van der Waals surface area contributed by atoms with E-state index in [1.165, 1.54) is 44.9 Å². The van der Waals surface area contributed by atoms with Crippen LogP contribution in [0.25, 0.3) is 0 Å². The molecule has 0 bridgehead atoms. The summed E-state index contributed by atoms with van der Waals surface area (Å²) >= 11 is 0. The summed E-state index contributed by atoms with van der Waals surface area (Å²) in [5, 5.41) is 2.88. The topological polar surface area (TPSA) is 58.6 Å². The number of carbonyl (C=O) groups excluding carboxylic acids is 2. The first-order valence-electron chi connectivity index (χ1n) is 9.80. The molecule has 1 unspecified atom stereocenters. The fraction of sp³-hybridized carbons (Fsp3) is 0.895. The van der Waals surface area contributed by atoms with Crippen LogP contribution < -0.4 is 5.32 Å². The number of nitrogens with zero attached hydrogens (tertiary/aromatic N) is 1. The largest absolute Gasteiger partial charge is 0.447 e. The summed E-state index contributed by atoms with van der Waals surface area (Å²) in [5.74, 6) is 2.32. The second-order valence-corrected chi connectivity index (χ2v) is 9.33. The molecule has 0 radical (unpaired) electrons. The fourth-order valence-corrected chi connectivity index (χ4v) is 6.32. The number of alkyl carbamates (subject to hydrolysis) is 1. The smallest absolute Gasteiger partial charge is 0.407 e. The van der Waals surface area contributed by atoms with Crippen molar-refractivity contribution in [1.82, 2.24) is 10.2 Å². The number of rotatable bonds is 2. The van der Waals surface area contributed by atoms with Crippen LogP contribution in [-0.2, 0) is 9.53 Å². The highest BCUT2D eigenvalue weighted by molar-refractivity contribution is 5.82. The van der Waals surface area contributed by atoms with Crippen LogP contribution in [0, 0.1) is 23.2 Å². The van der Waals surface area contributed by atoms with Crippen molar-refractivity contribution in [3.63, 3.8) is 0 Å². The lowest BCUT2D eigenvalue weighted by Gasteiger charge is -2.52. The number of carbonyl (C=O) groups is 2. The predicted molar refractivity (Wildman–Crippen MR) is 88.3 cm³/mol. The molecule has 2 heterocycles. The minimum Gasteiger partial charge on any atom is -0.447 e. The highest BCUT2D eigenvalue weighted by atomic mass is 16.6. The van der Waals surface area contributed by atoms with Crippen molar-refractivity contribution in [3.05, 3.63) is 0 Å². The Balaban J connectivity index is 1.12. The normalized spacial score (nSPS) is 40.5. The minimum absolute atomic E-state index is 0.0939. The molecule has 5 rings (SSSR count). The van der Waals surface area contributed by atoms with Crippen LogP contribution in [0.3, 0.4) is 0 Å². The molecular weight excluding hydrogens is 304 g/mol. The lowest BCUT2D eigenvalue weighted by Crippen LogP contribution is -2.63. The summed E-state index contributed by atoms with van der Waals surface area (Å²) in [6, 6.07) is 0. The molecule has 0 aromatic heterocycles. The Morgan fingerprint density at radius 3 is 2.50 bits per heavy atom. The van der Waals surface area contributed by atoms with Gasteiger partial charge in [0.05, 0.1) is 5.54 Å². The first-order chi connectivity index (χ1) is 11.6. The van der Waals surface area contributed by atoms with Gasteiger partial charge in [-0.05, 0) is 43.9 Å². The van der Waals surface area contributed by atoms with Gasteiger partial charge in [0.1, 0.15) is 6.61 Å². The summed E-state index contributed by atoms with van der Waals surface area (Å²) in [7, 11) is 0. The quantitative estimate of drug-likeness (QED) is 0.846. The van der Waals surface area contributed by atoms with Gasteiger partial charge in [0.15, 0.2) is 0 Å². The fourth-order valence-electron chi connectivity index (χ4n) is 6.32.